The molecule has 0 aliphatic carbocycles. The van der Waals surface area contributed by atoms with Crippen molar-refractivity contribution in [2.75, 3.05) is 0 Å². The number of nitrogens with zero attached hydrogens (tertiary/aromatic N) is 1. The fraction of sp³-hybridized carbons (Fsp3) is 0.300. The number of rotatable bonds is 4. The third kappa shape index (κ3) is 2.95. The van der Waals surface area contributed by atoms with Crippen LogP contribution in [0.3, 0.4) is 0 Å². The molecule has 1 rings (SSSR count). The van der Waals surface area contributed by atoms with Gasteiger partial charge in [0.05, 0.1) is 0 Å². The fourth-order valence-electron chi connectivity index (χ4n) is 0.978. The molecule has 0 bridgehead atoms. The Balaban J connectivity index is 2.48. The molecule has 0 aromatic carbocycles. The van der Waals surface area contributed by atoms with Crippen molar-refractivity contribution in [3.05, 3.63) is 12.1 Å². The van der Waals surface area contributed by atoms with Gasteiger partial charge in [-0.2, -0.15) is 0 Å². The summed E-state index contributed by atoms with van der Waals surface area (Å²) in [6.45, 7) is 0. The predicted molar refractivity (Wildman–Crippen MR) is 52.0 cm³/mol. The summed E-state index contributed by atoms with van der Waals surface area (Å²) in [5.41, 5.74) is 0. The maximum Gasteiger partial charge on any atom is 0.333 e. The lowest BCUT2D eigenvalue weighted by Gasteiger charge is -2.05. The van der Waals surface area contributed by atoms with Crippen LogP contribution in [0.5, 0.6) is 11.8 Å². The molecule has 0 aliphatic heterocycles. The molecule has 1 aromatic heterocycles. The van der Waals surface area contributed by atoms with Crippen molar-refractivity contribution in [3.8, 4) is 24.1 Å². The van der Waals surface area contributed by atoms with Gasteiger partial charge in [0.2, 0.25) is 11.8 Å². The molecule has 0 fully saturated rings. The van der Waals surface area contributed by atoms with Gasteiger partial charge in [0.1, 0.15) is 0 Å². The van der Waals surface area contributed by atoms with Gasteiger partial charge in [-0.05, 0) is 6.42 Å². The van der Waals surface area contributed by atoms with Gasteiger partial charge in [0.15, 0.2) is 0 Å². The molecule has 80 valence electrons. The summed E-state index contributed by atoms with van der Waals surface area (Å²) in [6, 6.07) is 2.42. The maximum absolute atomic E-state index is 11.2. The minimum atomic E-state index is -0.563. The number of carbonyl (C=O) groups is 1. The van der Waals surface area contributed by atoms with Gasteiger partial charge in [-0.15, -0.1) is 17.1 Å². The van der Waals surface area contributed by atoms with Crippen molar-refractivity contribution in [2.45, 2.75) is 19.3 Å². The van der Waals surface area contributed by atoms with Crippen LogP contribution < -0.4 is 4.84 Å². The highest BCUT2D eigenvalue weighted by atomic mass is 16.7. The van der Waals surface area contributed by atoms with Gasteiger partial charge in [-0.25, -0.2) is 4.79 Å². The number of aromatic hydroxyl groups is 2. The topological polar surface area (TPSA) is 71.7 Å². The van der Waals surface area contributed by atoms with Crippen LogP contribution in [0.15, 0.2) is 12.1 Å². The molecule has 0 aliphatic rings. The highest BCUT2D eigenvalue weighted by molar-refractivity contribution is 5.69. The lowest BCUT2D eigenvalue weighted by Crippen LogP contribution is -2.18. The van der Waals surface area contributed by atoms with Crippen LogP contribution in [0.2, 0.25) is 0 Å². The Morgan fingerprint density at radius 3 is 2.60 bits per heavy atom. The molecule has 0 amide bonds. The van der Waals surface area contributed by atoms with Crippen molar-refractivity contribution < 1.29 is 19.8 Å². The molecule has 0 radical (unpaired) electrons. The minimum absolute atomic E-state index is 0.140. The second-order valence-corrected chi connectivity index (χ2v) is 2.87. The Morgan fingerprint density at radius 2 is 2.07 bits per heavy atom. The fourth-order valence-corrected chi connectivity index (χ4v) is 0.978. The third-order valence-corrected chi connectivity index (χ3v) is 1.69. The molecule has 1 aromatic rings. The van der Waals surface area contributed by atoms with Crippen molar-refractivity contribution in [1.29, 1.82) is 0 Å². The first-order chi connectivity index (χ1) is 7.15. The van der Waals surface area contributed by atoms with E-state index in [1.165, 1.54) is 12.1 Å². The van der Waals surface area contributed by atoms with Crippen LogP contribution in [-0.2, 0) is 4.79 Å². The first-order valence-corrected chi connectivity index (χ1v) is 4.39. The van der Waals surface area contributed by atoms with Gasteiger partial charge in [-0.3, -0.25) is 0 Å². The van der Waals surface area contributed by atoms with Crippen molar-refractivity contribution in [2.24, 2.45) is 0 Å². The summed E-state index contributed by atoms with van der Waals surface area (Å²) in [5.74, 6) is 1.16. The van der Waals surface area contributed by atoms with E-state index in [0.29, 0.717) is 17.6 Å². The molecule has 0 spiro atoms. The molecule has 0 saturated heterocycles. The molecule has 0 unspecified atom stereocenters. The minimum Gasteiger partial charge on any atom is -0.492 e. The normalized spacial score (nSPS) is 9.53. The van der Waals surface area contributed by atoms with Crippen LogP contribution in [0, 0.1) is 12.3 Å². The Bertz CT molecular complexity index is 369. The highest BCUT2D eigenvalue weighted by Gasteiger charge is 2.11. The third-order valence-electron chi connectivity index (χ3n) is 1.69. The standard InChI is InChI=1S/C10H11NO4/c1-2-3-4-5-10(14)15-11-8(12)6-7-9(11)13/h1,6-7,12-13H,3-5H2. The zero-order chi connectivity index (χ0) is 11.3. The smallest absolute Gasteiger partial charge is 0.333 e. The zero-order valence-electron chi connectivity index (χ0n) is 8.01. The Hall–Kier alpha value is -2.09. The van der Waals surface area contributed by atoms with Gasteiger partial charge in [0, 0.05) is 25.0 Å². The van der Waals surface area contributed by atoms with E-state index >= 15 is 0 Å². The van der Waals surface area contributed by atoms with Crippen LogP contribution in [0.4, 0.5) is 0 Å². The highest BCUT2D eigenvalue weighted by Crippen LogP contribution is 2.18. The molecule has 2 N–H and O–H groups in total. The zero-order valence-corrected chi connectivity index (χ0v) is 8.01. The van der Waals surface area contributed by atoms with Crippen molar-refractivity contribution in [1.82, 2.24) is 4.73 Å². The molecule has 0 saturated carbocycles. The second-order valence-electron chi connectivity index (χ2n) is 2.87. The number of hydrogen-bond acceptors (Lipinski definition) is 4. The number of carbonyl (C=O) groups excluding carboxylic acids is 1. The van der Waals surface area contributed by atoms with E-state index in [1.54, 1.807) is 0 Å². The molecule has 5 heteroatoms. The first-order valence-electron chi connectivity index (χ1n) is 4.39. The van der Waals surface area contributed by atoms with Crippen LogP contribution in [-0.4, -0.2) is 20.9 Å². The Kier molecular flexibility index (Phi) is 3.63. The number of unbranched alkanes of at least 4 members (excludes halogenated alkanes) is 1. The lowest BCUT2D eigenvalue weighted by atomic mass is 10.2. The van der Waals surface area contributed by atoms with Gasteiger partial charge < -0.3 is 15.1 Å². The van der Waals surface area contributed by atoms with E-state index in [-0.39, 0.29) is 18.2 Å². The van der Waals surface area contributed by atoms with Crippen molar-refractivity contribution >= 4 is 5.97 Å². The molecule has 1 heterocycles. The van der Waals surface area contributed by atoms with E-state index in [1.807, 2.05) is 0 Å². The van der Waals surface area contributed by atoms with E-state index in [0.717, 1.165) is 0 Å². The van der Waals surface area contributed by atoms with E-state index in [9.17, 15) is 4.79 Å². The first kappa shape index (κ1) is 11.0. The summed E-state index contributed by atoms with van der Waals surface area (Å²) < 4.78 is 0.651. The van der Waals surface area contributed by atoms with Gasteiger partial charge in [0.25, 0.3) is 0 Å². The van der Waals surface area contributed by atoms with Crippen LogP contribution >= 0.6 is 0 Å². The summed E-state index contributed by atoms with van der Waals surface area (Å²) in [7, 11) is 0. The van der Waals surface area contributed by atoms with E-state index < -0.39 is 5.97 Å². The number of aromatic nitrogens is 1. The number of terminal acetylenes is 1. The van der Waals surface area contributed by atoms with Crippen molar-refractivity contribution in [3.63, 3.8) is 0 Å². The summed E-state index contributed by atoms with van der Waals surface area (Å²) >= 11 is 0. The predicted octanol–water partition coefficient (Wildman–Crippen LogP) is 0.658. The summed E-state index contributed by atoms with van der Waals surface area (Å²) in [5, 5.41) is 18.3. The molecular formula is C10H11NO4. The van der Waals surface area contributed by atoms with Gasteiger partial charge >= 0.3 is 5.97 Å². The Morgan fingerprint density at radius 1 is 1.47 bits per heavy atom. The number of hydrogen-bond donors (Lipinski definition) is 2. The maximum atomic E-state index is 11.2. The SMILES string of the molecule is C#CCCCC(=O)On1c(O)ccc1O. The van der Waals surface area contributed by atoms with Crippen LogP contribution in [0.25, 0.3) is 0 Å². The lowest BCUT2D eigenvalue weighted by molar-refractivity contribution is -0.145. The van der Waals surface area contributed by atoms with Crippen LogP contribution in [0.1, 0.15) is 19.3 Å². The molecule has 0 atom stereocenters. The molecule has 15 heavy (non-hydrogen) atoms. The second kappa shape index (κ2) is 4.96. The largest absolute Gasteiger partial charge is 0.492 e. The average Bonchev–Trinajstić information content (AvgIpc) is 2.50. The van der Waals surface area contributed by atoms with Gasteiger partial charge in [-0.1, -0.05) is 0 Å². The van der Waals surface area contributed by atoms with E-state index in [2.05, 4.69) is 10.8 Å². The summed E-state index contributed by atoms with van der Waals surface area (Å²) in [4.78, 5) is 15.8. The monoisotopic (exact) mass is 209 g/mol. The molecule has 5 nitrogen and oxygen atoms in total. The average molecular weight is 209 g/mol. The quantitative estimate of drug-likeness (QED) is 0.564. The summed E-state index contributed by atoms with van der Waals surface area (Å²) in [6.07, 6.45) is 6.15. The molecular weight excluding hydrogens is 198 g/mol. The Labute approximate surface area is 86.9 Å². The van der Waals surface area contributed by atoms with E-state index in [4.69, 9.17) is 16.6 Å².